The van der Waals surface area contributed by atoms with E-state index >= 15 is 0 Å². The van der Waals surface area contributed by atoms with Gasteiger partial charge in [-0.2, -0.15) is 15.1 Å². The van der Waals surface area contributed by atoms with E-state index in [1.165, 1.54) is 10.9 Å². The second-order valence-electron chi connectivity index (χ2n) is 10.3. The highest BCUT2D eigenvalue weighted by molar-refractivity contribution is 7.53. The zero-order valence-corrected chi connectivity index (χ0v) is 23.6. The van der Waals surface area contributed by atoms with Gasteiger partial charge in [-0.3, -0.25) is 4.57 Å². The number of rotatable bonds is 12. The number of fused-ring (bicyclic) bond motifs is 1. The standard InChI is InChI=1S/C25H33ClN5O9P/c26-24-29-21(28-16-8-4-5-9-16)17-10-27-31(22(17)30-24)23-20(34)19(33)18(40-23)12-39-25(13-32,41(35,36)37)14-38-11-15-6-2-1-3-7-15/h1-3,6-7,10,16,18-20,23,32-34H,4-5,8-9,11-14H2,(H,28,29,30)(H2,35,36,37)/t18-,19-,20-,23-,25?/m1/s1. The molecule has 5 rings (SSSR count). The number of nitrogens with one attached hydrogen (secondary N) is 1. The molecule has 3 heterocycles. The quantitative estimate of drug-likeness (QED) is 0.127. The molecular weight excluding hydrogens is 581 g/mol. The number of hydrogen-bond acceptors (Lipinski definition) is 11. The molecule has 14 nitrogen and oxygen atoms in total. The van der Waals surface area contributed by atoms with Gasteiger partial charge < -0.3 is 44.6 Å². The first-order valence-electron chi connectivity index (χ1n) is 13.2. The molecule has 16 heteroatoms. The van der Waals surface area contributed by atoms with Gasteiger partial charge in [-0.25, -0.2) is 4.68 Å². The SMILES string of the molecule is O=P(O)(O)C(CO)(COCc1ccccc1)OC[C@H]1O[C@@H](n2ncc3c(NC4CCCC4)nc(Cl)nc32)[C@H](O)[C@@H]1O. The molecular formula is C25H33ClN5O9P. The smallest absolute Gasteiger partial charge is 0.361 e. The Balaban J connectivity index is 1.30. The van der Waals surface area contributed by atoms with Crippen molar-refractivity contribution in [1.29, 1.82) is 0 Å². The Morgan fingerprint density at radius 2 is 1.88 bits per heavy atom. The van der Waals surface area contributed by atoms with Crippen molar-refractivity contribution >= 4 is 36.0 Å². The molecule has 41 heavy (non-hydrogen) atoms. The van der Waals surface area contributed by atoms with Crippen LogP contribution in [0.1, 0.15) is 37.5 Å². The summed E-state index contributed by atoms with van der Waals surface area (Å²) >= 11 is 6.19. The monoisotopic (exact) mass is 613 g/mol. The van der Waals surface area contributed by atoms with Crippen molar-refractivity contribution < 1.29 is 43.9 Å². The average Bonchev–Trinajstić information content (AvgIpc) is 3.67. The van der Waals surface area contributed by atoms with Crippen LogP contribution in [0.4, 0.5) is 5.82 Å². The topological polar surface area (TPSA) is 202 Å². The number of aromatic nitrogens is 4. The number of aliphatic hydroxyl groups is 3. The summed E-state index contributed by atoms with van der Waals surface area (Å²) < 4.78 is 30.5. The van der Waals surface area contributed by atoms with Gasteiger partial charge in [0, 0.05) is 6.04 Å². The Hall–Kier alpha value is -2.23. The summed E-state index contributed by atoms with van der Waals surface area (Å²) in [5, 5.41) is 37.3. The first-order valence-corrected chi connectivity index (χ1v) is 15.2. The Kier molecular flexibility index (Phi) is 9.26. The molecule has 1 saturated carbocycles. The van der Waals surface area contributed by atoms with Gasteiger partial charge in [0.2, 0.25) is 10.6 Å². The number of ether oxygens (including phenoxy) is 3. The van der Waals surface area contributed by atoms with Crippen LogP contribution < -0.4 is 5.32 Å². The van der Waals surface area contributed by atoms with E-state index in [0.29, 0.717) is 11.2 Å². The summed E-state index contributed by atoms with van der Waals surface area (Å²) in [6.07, 6.45) is 0.230. The summed E-state index contributed by atoms with van der Waals surface area (Å²) in [6, 6.07) is 9.17. The predicted molar refractivity (Wildman–Crippen MR) is 146 cm³/mol. The lowest BCUT2D eigenvalue weighted by atomic mass is 10.1. The number of hydrogen-bond donors (Lipinski definition) is 6. The van der Waals surface area contributed by atoms with E-state index in [-0.39, 0.29) is 23.6 Å². The summed E-state index contributed by atoms with van der Waals surface area (Å²) in [6.45, 7) is -2.29. The van der Waals surface area contributed by atoms with Crippen molar-refractivity contribution in [3.63, 3.8) is 0 Å². The predicted octanol–water partition coefficient (Wildman–Crippen LogP) is 1.55. The van der Waals surface area contributed by atoms with Gasteiger partial charge in [0.25, 0.3) is 0 Å². The summed E-state index contributed by atoms with van der Waals surface area (Å²) in [5.41, 5.74) is 1.01. The van der Waals surface area contributed by atoms with E-state index in [4.69, 9.17) is 25.8 Å². The Labute approximate surface area is 240 Å². The summed E-state index contributed by atoms with van der Waals surface area (Å²) in [7, 11) is -5.09. The highest BCUT2D eigenvalue weighted by Crippen LogP contribution is 2.51. The lowest BCUT2D eigenvalue weighted by molar-refractivity contribution is -0.131. The molecule has 1 aliphatic heterocycles. The lowest BCUT2D eigenvalue weighted by Crippen LogP contribution is -2.45. The van der Waals surface area contributed by atoms with E-state index < -0.39 is 57.3 Å². The molecule has 0 amide bonds. The zero-order valence-electron chi connectivity index (χ0n) is 22.0. The van der Waals surface area contributed by atoms with Crippen LogP contribution in [0.25, 0.3) is 11.0 Å². The van der Waals surface area contributed by atoms with Crippen LogP contribution in [0, 0.1) is 0 Å². The fourth-order valence-electron chi connectivity index (χ4n) is 5.06. The molecule has 2 aliphatic rings. The minimum absolute atomic E-state index is 0.0175. The van der Waals surface area contributed by atoms with Gasteiger partial charge in [0.1, 0.15) is 24.1 Å². The first kappa shape index (κ1) is 30.2. The number of benzene rings is 1. The molecule has 2 aromatic heterocycles. The van der Waals surface area contributed by atoms with Gasteiger partial charge in [-0.05, 0) is 30.0 Å². The van der Waals surface area contributed by atoms with Crippen LogP contribution in [-0.4, -0.2) is 94.4 Å². The largest absolute Gasteiger partial charge is 0.393 e. The molecule has 1 unspecified atom stereocenters. The molecule has 2 fully saturated rings. The van der Waals surface area contributed by atoms with Gasteiger partial charge in [-0.1, -0.05) is 43.2 Å². The Bertz CT molecular complexity index is 1370. The van der Waals surface area contributed by atoms with Crippen LogP contribution in [-0.2, 0) is 25.4 Å². The minimum atomic E-state index is -5.09. The van der Waals surface area contributed by atoms with E-state index in [9.17, 15) is 29.7 Å². The van der Waals surface area contributed by atoms with Crippen molar-refractivity contribution in [3.05, 3.63) is 47.4 Å². The molecule has 1 aromatic carbocycles. The van der Waals surface area contributed by atoms with Gasteiger partial charge in [0.05, 0.1) is 38.0 Å². The molecule has 6 N–H and O–H groups in total. The van der Waals surface area contributed by atoms with Crippen LogP contribution >= 0.6 is 19.2 Å². The molecule has 5 atom stereocenters. The molecule has 1 aliphatic carbocycles. The molecule has 0 bridgehead atoms. The first-order chi connectivity index (χ1) is 19.6. The van der Waals surface area contributed by atoms with Gasteiger partial charge in [-0.15, -0.1) is 0 Å². The molecule has 0 radical (unpaired) electrons. The van der Waals surface area contributed by atoms with Crippen molar-refractivity contribution in [1.82, 2.24) is 19.7 Å². The number of halogens is 1. The second kappa shape index (κ2) is 12.6. The third kappa shape index (κ3) is 6.42. The van der Waals surface area contributed by atoms with E-state index in [1.54, 1.807) is 24.3 Å². The van der Waals surface area contributed by atoms with E-state index in [2.05, 4.69) is 20.4 Å². The lowest BCUT2D eigenvalue weighted by Gasteiger charge is -2.33. The normalized spacial score (nSPS) is 25.1. The highest BCUT2D eigenvalue weighted by Gasteiger charge is 2.51. The highest BCUT2D eigenvalue weighted by atomic mass is 35.5. The van der Waals surface area contributed by atoms with Crippen LogP contribution in [0.3, 0.4) is 0 Å². The zero-order chi connectivity index (χ0) is 29.2. The van der Waals surface area contributed by atoms with Crippen molar-refractivity contribution in [3.8, 4) is 0 Å². The number of anilines is 1. The third-order valence-electron chi connectivity index (χ3n) is 7.43. The molecule has 3 aromatic rings. The van der Waals surface area contributed by atoms with Crippen LogP contribution in [0.5, 0.6) is 0 Å². The average molecular weight is 614 g/mol. The van der Waals surface area contributed by atoms with Crippen molar-refractivity contribution in [2.45, 2.75) is 68.2 Å². The Morgan fingerprint density at radius 3 is 2.56 bits per heavy atom. The van der Waals surface area contributed by atoms with Gasteiger partial charge in [0.15, 0.2) is 11.9 Å². The summed E-state index contributed by atoms with van der Waals surface area (Å²) in [4.78, 5) is 28.6. The molecule has 0 spiro atoms. The minimum Gasteiger partial charge on any atom is -0.393 e. The maximum absolute atomic E-state index is 12.4. The van der Waals surface area contributed by atoms with E-state index in [0.717, 1.165) is 31.2 Å². The maximum Gasteiger partial charge on any atom is 0.361 e. The second-order valence-corrected chi connectivity index (χ2v) is 12.5. The molecule has 224 valence electrons. The summed E-state index contributed by atoms with van der Waals surface area (Å²) in [5.74, 6) is 0.496. The van der Waals surface area contributed by atoms with Crippen LogP contribution in [0.15, 0.2) is 36.5 Å². The van der Waals surface area contributed by atoms with Gasteiger partial charge >= 0.3 is 7.60 Å². The van der Waals surface area contributed by atoms with Crippen molar-refractivity contribution in [2.75, 3.05) is 25.1 Å². The number of aliphatic hydroxyl groups excluding tert-OH is 3. The van der Waals surface area contributed by atoms with Crippen molar-refractivity contribution in [2.24, 2.45) is 0 Å². The molecule has 1 saturated heterocycles. The fraction of sp³-hybridized carbons (Fsp3) is 0.560. The number of nitrogens with zero attached hydrogens (tertiary/aromatic N) is 4. The Morgan fingerprint density at radius 1 is 1.15 bits per heavy atom. The van der Waals surface area contributed by atoms with Crippen LogP contribution in [0.2, 0.25) is 5.28 Å². The maximum atomic E-state index is 12.4. The third-order valence-corrected chi connectivity index (χ3v) is 9.06. The van der Waals surface area contributed by atoms with E-state index in [1.807, 2.05) is 6.07 Å². The fourth-order valence-corrected chi connectivity index (χ4v) is 5.91.